The van der Waals surface area contributed by atoms with Crippen LogP contribution in [-0.2, 0) is 27.8 Å². The Kier molecular flexibility index (Phi) is 4.70. The second-order valence-electron chi connectivity index (χ2n) is 6.63. The van der Waals surface area contributed by atoms with Gasteiger partial charge in [0.2, 0.25) is 0 Å². The molecule has 8 nitrogen and oxygen atoms in total. The zero-order chi connectivity index (χ0) is 19.2. The molecule has 25 heavy (non-hydrogen) atoms. The SMILES string of the molecule is C[C@@H]1Cc2[nH]nc(OS(=O)(=O)C(F)(F)F)c2CN1C(=O)OC(C)(C)C. The molecule has 0 saturated heterocycles. The number of rotatable bonds is 2. The Balaban J connectivity index is 2.27. The number of carbonyl (C=O) groups is 1. The molecule has 0 aromatic carbocycles. The average Bonchev–Trinajstić information content (AvgIpc) is 2.76. The molecular weight excluding hydrogens is 367 g/mol. The summed E-state index contributed by atoms with van der Waals surface area (Å²) in [5.41, 5.74) is -5.87. The van der Waals surface area contributed by atoms with Crippen molar-refractivity contribution in [2.24, 2.45) is 0 Å². The van der Waals surface area contributed by atoms with Gasteiger partial charge in [-0.05, 0) is 27.7 Å². The average molecular weight is 385 g/mol. The first kappa shape index (κ1) is 19.3. The molecule has 1 aliphatic heterocycles. The first-order valence-electron chi connectivity index (χ1n) is 7.28. The van der Waals surface area contributed by atoms with Crippen molar-refractivity contribution in [3.8, 4) is 5.88 Å². The largest absolute Gasteiger partial charge is 0.534 e. The van der Waals surface area contributed by atoms with E-state index in [9.17, 15) is 26.4 Å². The monoisotopic (exact) mass is 385 g/mol. The van der Waals surface area contributed by atoms with E-state index in [1.165, 1.54) is 4.90 Å². The second kappa shape index (κ2) is 6.07. The summed E-state index contributed by atoms with van der Waals surface area (Å²) in [5, 5.41) is 5.95. The molecule has 1 aromatic heterocycles. The van der Waals surface area contributed by atoms with Crippen molar-refractivity contribution < 1.29 is 35.3 Å². The first-order chi connectivity index (χ1) is 11.2. The highest BCUT2D eigenvalue weighted by molar-refractivity contribution is 7.87. The van der Waals surface area contributed by atoms with Gasteiger partial charge in [0.1, 0.15) is 5.60 Å². The second-order valence-corrected chi connectivity index (χ2v) is 8.17. The summed E-state index contributed by atoms with van der Waals surface area (Å²) in [7, 11) is -5.85. The van der Waals surface area contributed by atoms with Crippen LogP contribution in [0.1, 0.15) is 39.0 Å². The molecule has 1 aromatic rings. The van der Waals surface area contributed by atoms with Crippen LogP contribution in [0.3, 0.4) is 0 Å². The summed E-state index contributed by atoms with van der Waals surface area (Å²) < 4.78 is 69.1. The number of aromatic nitrogens is 2. The van der Waals surface area contributed by atoms with Crippen LogP contribution in [0.5, 0.6) is 5.88 Å². The number of nitrogens with zero attached hydrogens (tertiary/aromatic N) is 2. The van der Waals surface area contributed by atoms with Crippen LogP contribution in [0.15, 0.2) is 0 Å². The number of alkyl halides is 3. The van der Waals surface area contributed by atoms with Crippen molar-refractivity contribution in [3.63, 3.8) is 0 Å². The maximum Gasteiger partial charge on any atom is 0.534 e. The maximum absolute atomic E-state index is 12.5. The predicted octanol–water partition coefficient (Wildman–Crippen LogP) is 2.32. The smallest absolute Gasteiger partial charge is 0.444 e. The van der Waals surface area contributed by atoms with Crippen molar-refractivity contribution in [2.45, 2.75) is 57.8 Å². The van der Waals surface area contributed by atoms with E-state index >= 15 is 0 Å². The molecule has 0 saturated carbocycles. The van der Waals surface area contributed by atoms with Gasteiger partial charge in [-0.1, -0.05) is 0 Å². The number of halogens is 3. The fourth-order valence-corrected chi connectivity index (χ4v) is 2.67. The zero-order valence-corrected chi connectivity index (χ0v) is 14.8. The Morgan fingerprint density at radius 2 is 1.92 bits per heavy atom. The lowest BCUT2D eigenvalue weighted by Gasteiger charge is -2.34. The van der Waals surface area contributed by atoms with Gasteiger partial charge >= 0.3 is 21.7 Å². The minimum Gasteiger partial charge on any atom is -0.444 e. The van der Waals surface area contributed by atoms with Crippen molar-refractivity contribution >= 4 is 16.2 Å². The van der Waals surface area contributed by atoms with Gasteiger partial charge in [-0.15, -0.1) is 5.10 Å². The molecule has 0 fully saturated rings. The summed E-state index contributed by atoms with van der Waals surface area (Å²) in [6, 6.07) is -0.324. The van der Waals surface area contributed by atoms with E-state index < -0.39 is 33.2 Å². The van der Waals surface area contributed by atoms with E-state index in [0.29, 0.717) is 5.69 Å². The maximum atomic E-state index is 12.5. The van der Waals surface area contributed by atoms with Gasteiger partial charge < -0.3 is 13.8 Å². The summed E-state index contributed by atoms with van der Waals surface area (Å²) in [5.74, 6) is -0.729. The van der Waals surface area contributed by atoms with Gasteiger partial charge in [-0.3, -0.25) is 5.10 Å². The van der Waals surface area contributed by atoms with Crippen molar-refractivity contribution in [3.05, 3.63) is 11.3 Å². The lowest BCUT2D eigenvalue weighted by Crippen LogP contribution is -2.45. The molecule has 2 heterocycles. The molecule has 0 unspecified atom stereocenters. The molecule has 0 spiro atoms. The molecule has 1 amide bonds. The van der Waals surface area contributed by atoms with E-state index in [0.717, 1.165) is 0 Å². The number of nitrogens with one attached hydrogen (secondary N) is 1. The van der Waals surface area contributed by atoms with E-state index in [1.54, 1.807) is 27.7 Å². The molecule has 1 N–H and O–H groups in total. The Bertz CT molecular complexity index is 767. The molecule has 0 bridgehead atoms. The summed E-state index contributed by atoms with van der Waals surface area (Å²) in [6.45, 7) is 6.55. The summed E-state index contributed by atoms with van der Waals surface area (Å²) in [6.07, 6.45) is -0.437. The predicted molar refractivity (Wildman–Crippen MR) is 79.1 cm³/mol. The van der Waals surface area contributed by atoms with E-state index in [-0.39, 0.29) is 24.6 Å². The third-order valence-corrected chi connectivity index (χ3v) is 4.32. The summed E-state index contributed by atoms with van der Waals surface area (Å²) >= 11 is 0. The number of hydrogen-bond acceptors (Lipinski definition) is 6. The van der Waals surface area contributed by atoms with Crippen molar-refractivity contribution in [1.82, 2.24) is 15.1 Å². The molecule has 142 valence electrons. The van der Waals surface area contributed by atoms with Gasteiger partial charge in [0, 0.05) is 18.2 Å². The quantitative estimate of drug-likeness (QED) is 0.619. The number of amides is 1. The first-order valence-corrected chi connectivity index (χ1v) is 8.68. The van der Waals surface area contributed by atoms with Gasteiger partial charge in [-0.25, -0.2) is 4.79 Å². The Labute approximate surface area is 142 Å². The molecule has 12 heteroatoms. The minimum absolute atomic E-state index is 0.0665. The number of hydrogen-bond donors (Lipinski definition) is 1. The summed E-state index contributed by atoms with van der Waals surface area (Å²) in [4.78, 5) is 13.5. The molecule has 1 aliphatic rings. The van der Waals surface area contributed by atoms with Gasteiger partial charge in [-0.2, -0.15) is 21.6 Å². The fourth-order valence-electron chi connectivity index (χ4n) is 2.23. The van der Waals surface area contributed by atoms with Crippen LogP contribution < -0.4 is 4.18 Å². The van der Waals surface area contributed by atoms with E-state index in [4.69, 9.17) is 4.74 Å². The van der Waals surface area contributed by atoms with Crippen LogP contribution in [0.2, 0.25) is 0 Å². The third kappa shape index (κ3) is 4.17. The number of ether oxygens (including phenoxy) is 1. The van der Waals surface area contributed by atoms with Crippen molar-refractivity contribution in [1.29, 1.82) is 0 Å². The zero-order valence-electron chi connectivity index (χ0n) is 14.0. The van der Waals surface area contributed by atoms with Crippen LogP contribution in [0.4, 0.5) is 18.0 Å². The van der Waals surface area contributed by atoms with Crippen LogP contribution in [-0.4, -0.2) is 46.8 Å². The normalized spacial score (nSPS) is 18.7. The van der Waals surface area contributed by atoms with Gasteiger partial charge in [0.05, 0.1) is 12.1 Å². The van der Waals surface area contributed by atoms with Crippen LogP contribution in [0, 0.1) is 0 Å². The van der Waals surface area contributed by atoms with E-state index in [1.807, 2.05) is 0 Å². The van der Waals surface area contributed by atoms with Crippen LogP contribution >= 0.6 is 0 Å². The fraction of sp³-hybridized carbons (Fsp3) is 0.692. The van der Waals surface area contributed by atoms with Crippen molar-refractivity contribution in [2.75, 3.05) is 0 Å². The molecule has 0 radical (unpaired) electrons. The van der Waals surface area contributed by atoms with Gasteiger partial charge in [0.15, 0.2) is 0 Å². The number of aromatic amines is 1. The van der Waals surface area contributed by atoms with Crippen LogP contribution in [0.25, 0.3) is 0 Å². The molecule has 1 atom stereocenters. The Hall–Kier alpha value is -1.98. The van der Waals surface area contributed by atoms with Gasteiger partial charge in [0.25, 0.3) is 5.88 Å². The topological polar surface area (TPSA) is 102 Å². The molecule has 0 aliphatic carbocycles. The third-order valence-electron chi connectivity index (χ3n) is 3.38. The molecular formula is C13H18F3N3O5S. The number of H-pyrrole nitrogens is 1. The number of carbonyl (C=O) groups excluding carboxylic acids is 1. The lowest BCUT2D eigenvalue weighted by molar-refractivity contribution is -0.0502. The highest BCUT2D eigenvalue weighted by Crippen LogP contribution is 2.33. The number of fused-ring (bicyclic) bond motifs is 1. The van der Waals surface area contributed by atoms with E-state index in [2.05, 4.69) is 14.4 Å². The standard InChI is InChI=1S/C13H18F3N3O5S/c1-7-5-9-8(6-19(7)11(20)23-12(2,3)4)10(18-17-9)24-25(21,22)13(14,15)16/h7H,5-6H2,1-4H3,(H,17,18)/t7-/m1/s1. The Morgan fingerprint density at radius 1 is 1.32 bits per heavy atom. The minimum atomic E-state index is -5.85. The lowest BCUT2D eigenvalue weighted by atomic mass is 10.0. The Morgan fingerprint density at radius 3 is 2.44 bits per heavy atom. The highest BCUT2D eigenvalue weighted by Gasteiger charge is 2.49. The highest BCUT2D eigenvalue weighted by atomic mass is 32.2. The molecule has 2 rings (SSSR count).